The molecule has 3 aromatic rings. The van der Waals surface area contributed by atoms with Crippen LogP contribution in [0.5, 0.6) is 0 Å². The number of nitrogens with zero attached hydrogens (tertiary/aromatic N) is 4. The summed E-state index contributed by atoms with van der Waals surface area (Å²) in [4.78, 5) is 92.3. The summed E-state index contributed by atoms with van der Waals surface area (Å²) in [5.41, 5.74) is 0.700. The molecule has 0 saturated carbocycles. The third-order valence-corrected chi connectivity index (χ3v) is 9.97. The van der Waals surface area contributed by atoms with Crippen molar-refractivity contribution in [2.45, 2.75) is 90.0 Å². The summed E-state index contributed by atoms with van der Waals surface area (Å²) < 4.78 is 11.4. The lowest BCUT2D eigenvalue weighted by Crippen LogP contribution is -2.48. The van der Waals surface area contributed by atoms with Crippen LogP contribution in [0.3, 0.4) is 0 Å². The van der Waals surface area contributed by atoms with Gasteiger partial charge in [-0.2, -0.15) is 0 Å². The van der Waals surface area contributed by atoms with E-state index >= 15 is 0 Å². The molecule has 1 aromatic carbocycles. The van der Waals surface area contributed by atoms with Crippen LogP contribution in [0.25, 0.3) is 0 Å². The lowest BCUT2D eigenvalue weighted by Gasteiger charge is -2.31. The smallest absolute Gasteiger partial charge is 0.276 e. The number of hydrogen-bond acceptors (Lipinski definition) is 10. The van der Waals surface area contributed by atoms with Gasteiger partial charge >= 0.3 is 0 Å². The highest BCUT2D eigenvalue weighted by Gasteiger charge is 2.43. The molecule has 3 aliphatic heterocycles. The minimum absolute atomic E-state index is 0.0208. The Morgan fingerprint density at radius 2 is 1.58 bits per heavy atom. The number of piperidine rings is 1. The molecule has 2 aromatic heterocycles. The zero-order chi connectivity index (χ0) is 37.8. The highest BCUT2D eigenvalue weighted by Crippen LogP contribution is 2.26. The Morgan fingerprint density at radius 3 is 2.28 bits per heavy atom. The van der Waals surface area contributed by atoms with Crippen LogP contribution < -0.4 is 21.3 Å². The van der Waals surface area contributed by atoms with Crippen LogP contribution in [0.4, 0.5) is 0 Å². The molecule has 0 spiro atoms. The van der Waals surface area contributed by atoms with Gasteiger partial charge in [0.15, 0.2) is 11.4 Å². The topological polar surface area (TPSA) is 209 Å². The summed E-state index contributed by atoms with van der Waals surface area (Å²) in [6.07, 6.45) is 4.06. The van der Waals surface area contributed by atoms with E-state index in [-0.39, 0.29) is 66.2 Å². The summed E-state index contributed by atoms with van der Waals surface area (Å²) in [5.74, 6) is -2.59. The first-order valence-corrected chi connectivity index (χ1v) is 18.1. The number of carbonyl (C=O) groups is 6. The maximum atomic E-state index is 14.3. The van der Waals surface area contributed by atoms with E-state index in [9.17, 15) is 28.8 Å². The minimum Gasteiger partial charge on any atom is -0.446 e. The van der Waals surface area contributed by atoms with Gasteiger partial charge in [0.05, 0.1) is 0 Å². The molecule has 0 aliphatic carbocycles. The Morgan fingerprint density at radius 1 is 0.906 bits per heavy atom. The molecule has 3 aliphatic rings. The number of amides is 6. The first-order valence-electron chi connectivity index (χ1n) is 18.1. The van der Waals surface area contributed by atoms with Gasteiger partial charge in [0.2, 0.25) is 35.4 Å². The van der Waals surface area contributed by atoms with Gasteiger partial charge in [-0.05, 0) is 44.1 Å². The second-order valence-corrected chi connectivity index (χ2v) is 14.5. The fourth-order valence-electron chi connectivity index (χ4n) is 7.10. The molecular formula is C37H46N8O8. The fraction of sp³-hybridized carbons (Fsp3) is 0.514. The summed E-state index contributed by atoms with van der Waals surface area (Å²) in [7, 11) is 0. The van der Waals surface area contributed by atoms with Crippen molar-refractivity contribution in [1.29, 1.82) is 0 Å². The molecule has 0 radical (unpaired) electrons. The van der Waals surface area contributed by atoms with E-state index in [2.05, 4.69) is 31.2 Å². The summed E-state index contributed by atoms with van der Waals surface area (Å²) in [6.45, 7) is 7.97. The SMILES string of the molecule is CC(=O)N1CCC(C(=O)N[C@H]2C[C@H]3C(=O)N[C@@H](Cc4ccccc4)c4nc(co4)C(=O)N[C@H](CC(C)C)C(=O)N[C@H](C)c4nc(co4)C(=O)N3C2)CC1. The van der Waals surface area contributed by atoms with Gasteiger partial charge in [-0.25, -0.2) is 9.97 Å². The zero-order valence-electron chi connectivity index (χ0n) is 30.3. The number of hydrogen-bond donors (Lipinski definition) is 4. The highest BCUT2D eigenvalue weighted by atomic mass is 16.3. The lowest BCUT2D eigenvalue weighted by molar-refractivity contribution is -0.134. The standard InChI is InChI=1S/C37H46N8O8/c1-20(2)14-26-32(48)38-21(3)35-43-29(19-52-35)37(51)45-17-25(39-31(47)24-10-12-44(13-11-24)22(4)46)16-30(45)34(50)41-27(15-23-8-6-5-7-9-23)36-42-28(18-53-36)33(49)40-26/h5-9,18-21,24-27,30H,10-17H2,1-4H3,(H,38,48)(H,39,47)(H,40,49)(H,41,50)/t21-,25+,26-,27+,30+/m1/s1. The summed E-state index contributed by atoms with van der Waals surface area (Å²) in [5, 5.41) is 11.6. The van der Waals surface area contributed by atoms with Crippen molar-refractivity contribution in [2.75, 3.05) is 19.6 Å². The van der Waals surface area contributed by atoms with Crippen LogP contribution in [0, 0.1) is 11.8 Å². The van der Waals surface area contributed by atoms with Crippen LogP contribution in [-0.2, 0) is 25.6 Å². The molecule has 6 rings (SSSR count). The first-order chi connectivity index (χ1) is 25.4. The quantitative estimate of drug-likeness (QED) is 0.290. The van der Waals surface area contributed by atoms with Crippen LogP contribution >= 0.6 is 0 Å². The monoisotopic (exact) mass is 730 g/mol. The van der Waals surface area contributed by atoms with E-state index < -0.39 is 53.8 Å². The van der Waals surface area contributed by atoms with Crippen LogP contribution in [-0.4, -0.2) is 93.0 Å². The summed E-state index contributed by atoms with van der Waals surface area (Å²) >= 11 is 0. The zero-order valence-corrected chi connectivity index (χ0v) is 30.3. The van der Waals surface area contributed by atoms with Crippen LogP contribution in [0.2, 0.25) is 0 Å². The molecule has 2 saturated heterocycles. The maximum absolute atomic E-state index is 14.3. The molecule has 16 nitrogen and oxygen atoms in total. The average molecular weight is 731 g/mol. The normalized spacial score (nSPS) is 24.5. The van der Waals surface area contributed by atoms with Crippen molar-refractivity contribution in [2.24, 2.45) is 11.8 Å². The van der Waals surface area contributed by atoms with Gasteiger partial charge < -0.3 is 39.9 Å². The van der Waals surface area contributed by atoms with E-state index in [1.54, 1.807) is 11.8 Å². The lowest BCUT2D eigenvalue weighted by atomic mass is 9.95. The number of rotatable bonds is 6. The van der Waals surface area contributed by atoms with E-state index in [0.717, 1.165) is 5.56 Å². The Balaban J connectivity index is 1.31. The van der Waals surface area contributed by atoms with E-state index in [0.29, 0.717) is 32.4 Å². The van der Waals surface area contributed by atoms with Crippen molar-refractivity contribution in [3.63, 3.8) is 0 Å². The third-order valence-electron chi connectivity index (χ3n) is 9.97. The van der Waals surface area contributed by atoms with Gasteiger partial charge in [0.1, 0.15) is 36.7 Å². The van der Waals surface area contributed by atoms with Crippen molar-refractivity contribution >= 4 is 35.4 Å². The minimum atomic E-state index is -1.03. The molecule has 282 valence electrons. The van der Waals surface area contributed by atoms with Gasteiger partial charge in [-0.3, -0.25) is 28.8 Å². The third kappa shape index (κ3) is 8.75. The number of likely N-dealkylation sites (tertiary alicyclic amines) is 1. The Hall–Kier alpha value is -5.54. The Kier molecular flexibility index (Phi) is 11.2. The molecule has 4 bridgehead atoms. The predicted octanol–water partition coefficient (Wildman–Crippen LogP) is 2.06. The number of fused-ring (bicyclic) bond motifs is 5. The molecule has 6 amide bonds. The average Bonchev–Trinajstić information content (AvgIpc) is 3.91. The van der Waals surface area contributed by atoms with Gasteiger partial charge in [-0.15, -0.1) is 0 Å². The number of benzene rings is 1. The number of nitrogens with one attached hydrogen (secondary N) is 4. The molecular weight excluding hydrogens is 684 g/mol. The Labute approximate surface area is 306 Å². The van der Waals surface area contributed by atoms with E-state index in [4.69, 9.17) is 8.83 Å². The number of oxazole rings is 2. The van der Waals surface area contributed by atoms with Crippen molar-refractivity contribution in [3.05, 3.63) is 71.6 Å². The molecule has 2 fully saturated rings. The Bertz CT molecular complexity index is 1830. The van der Waals surface area contributed by atoms with Gasteiger partial charge in [0, 0.05) is 44.9 Å². The first kappa shape index (κ1) is 37.2. The van der Waals surface area contributed by atoms with Crippen molar-refractivity contribution in [3.8, 4) is 0 Å². The largest absolute Gasteiger partial charge is 0.446 e. The fourth-order valence-corrected chi connectivity index (χ4v) is 7.10. The molecule has 16 heteroatoms. The second-order valence-electron chi connectivity index (χ2n) is 14.5. The van der Waals surface area contributed by atoms with Crippen molar-refractivity contribution in [1.82, 2.24) is 41.0 Å². The maximum Gasteiger partial charge on any atom is 0.276 e. The van der Waals surface area contributed by atoms with E-state index in [1.165, 1.54) is 24.3 Å². The summed E-state index contributed by atoms with van der Waals surface area (Å²) in [6, 6.07) is 5.19. The van der Waals surface area contributed by atoms with Crippen LogP contribution in [0.15, 0.2) is 51.7 Å². The van der Waals surface area contributed by atoms with E-state index in [1.807, 2.05) is 44.2 Å². The molecule has 4 N–H and O–H groups in total. The number of carbonyl (C=O) groups excluding carboxylic acids is 6. The molecule has 5 heterocycles. The predicted molar refractivity (Wildman–Crippen MR) is 188 cm³/mol. The van der Waals surface area contributed by atoms with Crippen LogP contribution in [0.1, 0.15) is 104 Å². The molecule has 5 atom stereocenters. The van der Waals surface area contributed by atoms with Crippen molar-refractivity contribution < 1.29 is 37.6 Å². The van der Waals surface area contributed by atoms with Gasteiger partial charge in [-0.1, -0.05) is 44.2 Å². The molecule has 0 unspecified atom stereocenters. The second kappa shape index (κ2) is 16.0. The highest BCUT2D eigenvalue weighted by molar-refractivity contribution is 5.97. The molecule has 53 heavy (non-hydrogen) atoms. The number of aromatic nitrogens is 2. The van der Waals surface area contributed by atoms with Gasteiger partial charge in [0.25, 0.3) is 11.8 Å².